The first-order chi connectivity index (χ1) is 12.6. The molecule has 3 heterocycles. The van der Waals surface area contributed by atoms with E-state index in [0.717, 1.165) is 18.8 Å². The van der Waals surface area contributed by atoms with Crippen molar-refractivity contribution in [2.24, 2.45) is 0 Å². The highest BCUT2D eigenvalue weighted by Crippen LogP contribution is 2.16. The zero-order valence-electron chi connectivity index (χ0n) is 14.6. The smallest absolute Gasteiger partial charge is 0.323 e. The Kier molecular flexibility index (Phi) is 6.13. The van der Waals surface area contributed by atoms with E-state index in [9.17, 15) is 9.59 Å². The predicted octanol–water partition coefficient (Wildman–Crippen LogP) is 1.18. The van der Waals surface area contributed by atoms with Crippen molar-refractivity contribution in [1.82, 2.24) is 25.1 Å². The molecule has 0 atom stereocenters. The van der Waals surface area contributed by atoms with Crippen LogP contribution in [-0.2, 0) is 17.8 Å². The zero-order chi connectivity index (χ0) is 18.4. The molecular formula is C17H22N6O2S. The number of nitrogens with one attached hydrogen (secondary N) is 2. The van der Waals surface area contributed by atoms with E-state index < -0.39 is 0 Å². The summed E-state index contributed by atoms with van der Waals surface area (Å²) >= 11 is 1.33. The summed E-state index contributed by atoms with van der Waals surface area (Å²) in [5, 5.41) is 7.94. The molecule has 1 fully saturated rings. The number of piperazine rings is 1. The lowest BCUT2D eigenvalue weighted by Crippen LogP contribution is -2.48. The highest BCUT2D eigenvalue weighted by Gasteiger charge is 2.20. The number of amides is 3. The van der Waals surface area contributed by atoms with Crippen LogP contribution in [0.3, 0.4) is 0 Å². The normalized spacial score (nSPS) is 14.9. The van der Waals surface area contributed by atoms with Crippen LogP contribution in [0.2, 0.25) is 0 Å². The van der Waals surface area contributed by atoms with Gasteiger partial charge in [-0.3, -0.25) is 15.1 Å². The summed E-state index contributed by atoms with van der Waals surface area (Å²) in [6.07, 6.45) is 1.87. The molecule has 1 aliphatic heterocycles. The van der Waals surface area contributed by atoms with E-state index >= 15 is 0 Å². The molecule has 0 aliphatic carbocycles. The Labute approximate surface area is 156 Å². The summed E-state index contributed by atoms with van der Waals surface area (Å²) in [6, 6.07) is 5.43. The largest absolute Gasteiger partial charge is 0.350 e. The van der Waals surface area contributed by atoms with Crippen molar-refractivity contribution in [3.8, 4) is 0 Å². The van der Waals surface area contributed by atoms with Gasteiger partial charge < -0.3 is 15.1 Å². The van der Waals surface area contributed by atoms with E-state index in [0.29, 0.717) is 30.5 Å². The first kappa shape index (κ1) is 18.3. The lowest BCUT2D eigenvalue weighted by molar-refractivity contribution is -0.120. The highest BCUT2D eigenvalue weighted by molar-refractivity contribution is 7.13. The highest BCUT2D eigenvalue weighted by atomic mass is 32.1. The van der Waals surface area contributed by atoms with Crippen molar-refractivity contribution in [2.45, 2.75) is 13.0 Å². The number of anilines is 1. The number of likely N-dealkylation sites (N-methyl/N-ethyl adjacent to an activating group) is 1. The summed E-state index contributed by atoms with van der Waals surface area (Å²) in [5.74, 6) is -0.127. The van der Waals surface area contributed by atoms with Gasteiger partial charge in [-0.15, -0.1) is 11.3 Å². The summed E-state index contributed by atoms with van der Waals surface area (Å²) in [7, 11) is 2.04. The van der Waals surface area contributed by atoms with Gasteiger partial charge in [-0.05, 0) is 19.2 Å². The number of rotatable bonds is 5. The van der Waals surface area contributed by atoms with Crippen molar-refractivity contribution in [1.29, 1.82) is 0 Å². The molecule has 2 aromatic rings. The van der Waals surface area contributed by atoms with Crippen LogP contribution in [-0.4, -0.2) is 64.9 Å². The lowest BCUT2D eigenvalue weighted by Gasteiger charge is -2.32. The molecule has 3 amide bonds. The second kappa shape index (κ2) is 8.72. The Morgan fingerprint density at radius 1 is 1.19 bits per heavy atom. The molecule has 0 unspecified atom stereocenters. The summed E-state index contributed by atoms with van der Waals surface area (Å²) in [5.41, 5.74) is 1.45. The topological polar surface area (TPSA) is 90.5 Å². The molecule has 0 radical (unpaired) electrons. The van der Waals surface area contributed by atoms with Gasteiger partial charge >= 0.3 is 6.03 Å². The van der Waals surface area contributed by atoms with E-state index in [2.05, 4.69) is 25.5 Å². The number of pyridine rings is 1. The molecule has 9 heteroatoms. The standard InChI is InChI=1S/C17H22N6O2S/c1-22-6-8-23(9-7-22)17(25)21-16-20-14(12-26-16)10-15(24)19-11-13-4-2-3-5-18-13/h2-5,12H,6-11H2,1H3,(H,19,24)(H,20,21,25). The lowest BCUT2D eigenvalue weighted by atomic mass is 10.3. The summed E-state index contributed by atoms with van der Waals surface area (Å²) in [4.78, 5) is 36.7. The van der Waals surface area contributed by atoms with Gasteiger partial charge in [0.05, 0.1) is 24.4 Å². The van der Waals surface area contributed by atoms with Gasteiger partial charge in [0.25, 0.3) is 0 Å². The average Bonchev–Trinajstić information content (AvgIpc) is 3.08. The summed E-state index contributed by atoms with van der Waals surface area (Å²) in [6.45, 7) is 3.53. The van der Waals surface area contributed by atoms with Gasteiger partial charge in [0, 0.05) is 37.8 Å². The molecule has 0 aromatic carbocycles. The zero-order valence-corrected chi connectivity index (χ0v) is 15.5. The monoisotopic (exact) mass is 374 g/mol. The third-order valence-electron chi connectivity index (χ3n) is 4.09. The molecule has 0 spiro atoms. The van der Waals surface area contributed by atoms with Gasteiger partial charge in [-0.25, -0.2) is 9.78 Å². The van der Waals surface area contributed by atoms with Crippen LogP contribution in [0.25, 0.3) is 0 Å². The molecule has 1 saturated heterocycles. The maximum atomic E-state index is 12.2. The fourth-order valence-corrected chi connectivity index (χ4v) is 3.24. The van der Waals surface area contributed by atoms with Gasteiger partial charge in [-0.1, -0.05) is 6.07 Å². The quantitative estimate of drug-likeness (QED) is 0.820. The van der Waals surface area contributed by atoms with Gasteiger partial charge in [0.1, 0.15) is 0 Å². The third kappa shape index (κ3) is 5.24. The number of hydrogen-bond acceptors (Lipinski definition) is 6. The molecular weight excluding hydrogens is 352 g/mol. The van der Waals surface area contributed by atoms with Gasteiger partial charge in [0.2, 0.25) is 5.91 Å². The number of hydrogen-bond donors (Lipinski definition) is 2. The van der Waals surface area contributed by atoms with Crippen molar-refractivity contribution in [3.05, 3.63) is 41.2 Å². The third-order valence-corrected chi connectivity index (χ3v) is 4.90. The Morgan fingerprint density at radius 2 is 2.00 bits per heavy atom. The number of carbonyl (C=O) groups excluding carboxylic acids is 2. The minimum Gasteiger partial charge on any atom is -0.350 e. The second-order valence-electron chi connectivity index (χ2n) is 6.14. The molecule has 138 valence electrons. The van der Waals surface area contributed by atoms with E-state index in [-0.39, 0.29) is 18.4 Å². The van der Waals surface area contributed by atoms with E-state index in [1.165, 1.54) is 11.3 Å². The molecule has 3 rings (SSSR count). The van der Waals surface area contributed by atoms with Crippen molar-refractivity contribution in [3.63, 3.8) is 0 Å². The van der Waals surface area contributed by atoms with E-state index in [1.54, 1.807) is 16.5 Å². The maximum absolute atomic E-state index is 12.2. The van der Waals surface area contributed by atoms with Crippen LogP contribution in [0.4, 0.5) is 9.93 Å². The number of thiazole rings is 1. The predicted molar refractivity (Wildman–Crippen MR) is 100.0 cm³/mol. The maximum Gasteiger partial charge on any atom is 0.323 e. The van der Waals surface area contributed by atoms with Crippen molar-refractivity contribution < 1.29 is 9.59 Å². The average molecular weight is 374 g/mol. The molecule has 0 saturated carbocycles. The van der Waals surface area contributed by atoms with Gasteiger partial charge in [0.15, 0.2) is 5.13 Å². The van der Waals surface area contributed by atoms with Crippen LogP contribution in [0.1, 0.15) is 11.4 Å². The first-order valence-corrected chi connectivity index (χ1v) is 9.33. The van der Waals surface area contributed by atoms with Crippen LogP contribution < -0.4 is 10.6 Å². The number of aromatic nitrogens is 2. The van der Waals surface area contributed by atoms with Crippen LogP contribution in [0, 0.1) is 0 Å². The minimum absolute atomic E-state index is 0.127. The van der Waals surface area contributed by atoms with Crippen LogP contribution in [0.15, 0.2) is 29.8 Å². The summed E-state index contributed by atoms with van der Waals surface area (Å²) < 4.78 is 0. The fourth-order valence-electron chi connectivity index (χ4n) is 2.54. The Bertz CT molecular complexity index is 743. The number of nitrogens with zero attached hydrogens (tertiary/aromatic N) is 4. The molecule has 0 bridgehead atoms. The Morgan fingerprint density at radius 3 is 2.73 bits per heavy atom. The number of carbonyl (C=O) groups is 2. The molecule has 8 nitrogen and oxygen atoms in total. The Balaban J connectivity index is 1.45. The molecule has 1 aliphatic rings. The van der Waals surface area contributed by atoms with Gasteiger partial charge in [-0.2, -0.15) is 0 Å². The Hall–Kier alpha value is -2.52. The molecule has 2 N–H and O–H groups in total. The van der Waals surface area contributed by atoms with Crippen LogP contribution >= 0.6 is 11.3 Å². The molecule has 2 aromatic heterocycles. The van der Waals surface area contributed by atoms with Crippen molar-refractivity contribution in [2.75, 3.05) is 38.5 Å². The van der Waals surface area contributed by atoms with E-state index in [1.807, 2.05) is 25.2 Å². The minimum atomic E-state index is -0.140. The fraction of sp³-hybridized carbons (Fsp3) is 0.412. The SMILES string of the molecule is CN1CCN(C(=O)Nc2nc(CC(=O)NCc3ccccn3)cs2)CC1. The molecule has 26 heavy (non-hydrogen) atoms. The number of urea groups is 1. The second-order valence-corrected chi connectivity index (χ2v) is 7.00. The van der Waals surface area contributed by atoms with Crippen molar-refractivity contribution >= 4 is 28.4 Å². The van der Waals surface area contributed by atoms with Crippen LogP contribution in [0.5, 0.6) is 0 Å². The van der Waals surface area contributed by atoms with E-state index in [4.69, 9.17) is 0 Å². The first-order valence-electron chi connectivity index (χ1n) is 8.45.